The number of benzene rings is 3. The van der Waals surface area contributed by atoms with Crippen molar-refractivity contribution >= 4 is 11.8 Å². The van der Waals surface area contributed by atoms with Crippen LogP contribution >= 0.6 is 0 Å². The highest BCUT2D eigenvalue weighted by molar-refractivity contribution is 6.06. The van der Waals surface area contributed by atoms with Crippen molar-refractivity contribution in [1.82, 2.24) is 4.90 Å². The molecule has 0 unspecified atom stereocenters. The molecule has 0 fully saturated rings. The van der Waals surface area contributed by atoms with Crippen molar-refractivity contribution in [1.29, 1.82) is 0 Å². The number of nitrogens with zero attached hydrogens (tertiary/aromatic N) is 1. The first-order valence-corrected chi connectivity index (χ1v) is 10.4. The van der Waals surface area contributed by atoms with Crippen LogP contribution in [-0.4, -0.2) is 29.8 Å². The molecule has 0 atom stereocenters. The largest absolute Gasteiger partial charge is 0.461 e. The maximum absolute atomic E-state index is 12.1. The summed E-state index contributed by atoms with van der Waals surface area (Å²) in [5, 5.41) is 0. The van der Waals surface area contributed by atoms with Crippen molar-refractivity contribution in [3.63, 3.8) is 0 Å². The predicted octanol–water partition coefficient (Wildman–Crippen LogP) is 4.98. The van der Waals surface area contributed by atoms with E-state index in [0.29, 0.717) is 12.1 Å². The summed E-state index contributed by atoms with van der Waals surface area (Å²) >= 11 is 0. The van der Waals surface area contributed by atoms with Gasteiger partial charge in [-0.2, -0.15) is 0 Å². The molecule has 3 aromatic carbocycles. The normalized spacial score (nSPS) is 11.0. The van der Waals surface area contributed by atoms with Gasteiger partial charge in [-0.05, 0) is 24.1 Å². The van der Waals surface area contributed by atoms with Gasteiger partial charge in [0.15, 0.2) is 5.78 Å². The summed E-state index contributed by atoms with van der Waals surface area (Å²) in [5.41, 5.74) is 4.03. The van der Waals surface area contributed by atoms with Crippen LogP contribution in [0.2, 0.25) is 0 Å². The molecule has 0 saturated heterocycles. The van der Waals surface area contributed by atoms with E-state index in [1.54, 1.807) is 12.1 Å². The Bertz CT molecular complexity index is 954. The number of esters is 1. The molecular formula is C27H27NO3. The molecule has 4 nitrogen and oxygen atoms in total. The van der Waals surface area contributed by atoms with Gasteiger partial charge in [-0.1, -0.05) is 90.5 Å². The molecule has 0 heterocycles. The molecule has 0 amide bonds. The molecule has 3 aromatic rings. The number of rotatable bonds is 10. The number of hydrogen-bond donors (Lipinski definition) is 0. The zero-order valence-electron chi connectivity index (χ0n) is 17.7. The molecule has 0 N–H and O–H groups in total. The summed E-state index contributed by atoms with van der Waals surface area (Å²) in [6, 6.07) is 27.7. The Morgan fingerprint density at radius 1 is 0.774 bits per heavy atom. The Kier molecular flexibility index (Phi) is 8.32. The average molecular weight is 414 g/mol. The molecule has 158 valence electrons. The third-order valence-corrected chi connectivity index (χ3v) is 4.86. The number of ketones is 1. The van der Waals surface area contributed by atoms with E-state index >= 15 is 0 Å². The van der Waals surface area contributed by atoms with E-state index in [1.165, 1.54) is 23.3 Å². The highest BCUT2D eigenvalue weighted by Crippen LogP contribution is 2.10. The summed E-state index contributed by atoms with van der Waals surface area (Å²) < 4.78 is 5.33. The van der Waals surface area contributed by atoms with E-state index < -0.39 is 5.97 Å². The van der Waals surface area contributed by atoms with Gasteiger partial charge in [0.2, 0.25) is 0 Å². The molecule has 0 bridgehead atoms. The SMILES string of the molecule is Cc1ccc(C(=O)/C=C/C(=O)OCCN(Cc2ccccc2)Cc2ccccc2)cc1. The second-order valence-electron chi connectivity index (χ2n) is 7.41. The third kappa shape index (κ3) is 7.68. The minimum Gasteiger partial charge on any atom is -0.461 e. The van der Waals surface area contributed by atoms with Gasteiger partial charge in [0.05, 0.1) is 0 Å². The van der Waals surface area contributed by atoms with Crippen LogP contribution in [0.25, 0.3) is 0 Å². The summed E-state index contributed by atoms with van der Waals surface area (Å²) in [4.78, 5) is 26.4. The van der Waals surface area contributed by atoms with Crippen LogP contribution in [0.4, 0.5) is 0 Å². The molecule has 0 saturated carbocycles. The second-order valence-corrected chi connectivity index (χ2v) is 7.41. The number of allylic oxidation sites excluding steroid dienone is 1. The van der Waals surface area contributed by atoms with Gasteiger partial charge in [0.25, 0.3) is 0 Å². The Labute approximate surface area is 183 Å². The highest BCUT2D eigenvalue weighted by Gasteiger charge is 2.09. The van der Waals surface area contributed by atoms with E-state index in [4.69, 9.17) is 4.74 Å². The van der Waals surface area contributed by atoms with Crippen molar-refractivity contribution < 1.29 is 14.3 Å². The third-order valence-electron chi connectivity index (χ3n) is 4.86. The van der Waals surface area contributed by atoms with E-state index in [2.05, 4.69) is 29.2 Å². The Morgan fingerprint density at radius 3 is 1.87 bits per heavy atom. The lowest BCUT2D eigenvalue weighted by molar-refractivity contribution is -0.138. The fourth-order valence-corrected chi connectivity index (χ4v) is 3.18. The first-order chi connectivity index (χ1) is 15.1. The number of aryl methyl sites for hydroxylation is 1. The molecule has 0 aliphatic heterocycles. The maximum atomic E-state index is 12.1. The lowest BCUT2D eigenvalue weighted by Crippen LogP contribution is -2.27. The highest BCUT2D eigenvalue weighted by atomic mass is 16.5. The zero-order chi connectivity index (χ0) is 21.9. The average Bonchev–Trinajstić information content (AvgIpc) is 2.79. The zero-order valence-corrected chi connectivity index (χ0v) is 17.7. The molecule has 3 rings (SSSR count). The summed E-state index contributed by atoms with van der Waals surface area (Å²) in [7, 11) is 0. The molecule has 31 heavy (non-hydrogen) atoms. The fraction of sp³-hybridized carbons (Fsp3) is 0.185. The fourth-order valence-electron chi connectivity index (χ4n) is 3.18. The van der Waals surface area contributed by atoms with Crippen LogP contribution in [0.15, 0.2) is 97.1 Å². The standard InChI is InChI=1S/C27H27NO3/c1-22-12-14-25(15-13-22)26(29)16-17-27(30)31-19-18-28(20-23-8-4-2-5-9-23)21-24-10-6-3-7-11-24/h2-17H,18-21H2,1H3/b17-16+. The number of carbonyl (C=O) groups excluding carboxylic acids is 2. The maximum Gasteiger partial charge on any atom is 0.330 e. The van der Waals surface area contributed by atoms with Gasteiger partial charge in [-0.3, -0.25) is 9.69 Å². The van der Waals surface area contributed by atoms with Crippen molar-refractivity contribution in [2.75, 3.05) is 13.2 Å². The van der Waals surface area contributed by atoms with Gasteiger partial charge in [0.1, 0.15) is 6.61 Å². The summed E-state index contributed by atoms with van der Waals surface area (Å²) in [6.45, 7) is 4.32. The Balaban J connectivity index is 1.52. The molecule has 4 heteroatoms. The molecule has 0 aliphatic rings. The van der Waals surface area contributed by atoms with Crippen LogP contribution in [0.3, 0.4) is 0 Å². The Hall–Kier alpha value is -3.50. The van der Waals surface area contributed by atoms with Crippen molar-refractivity contribution in [3.05, 3.63) is 119 Å². The van der Waals surface area contributed by atoms with Gasteiger partial charge in [0, 0.05) is 31.3 Å². The van der Waals surface area contributed by atoms with Crippen LogP contribution in [-0.2, 0) is 22.6 Å². The van der Waals surface area contributed by atoms with Gasteiger partial charge in [-0.15, -0.1) is 0 Å². The molecular weight excluding hydrogens is 386 g/mol. The van der Waals surface area contributed by atoms with Crippen LogP contribution in [0, 0.1) is 6.92 Å². The van der Waals surface area contributed by atoms with Crippen LogP contribution < -0.4 is 0 Å². The quantitative estimate of drug-likeness (QED) is 0.267. The lowest BCUT2D eigenvalue weighted by atomic mass is 10.1. The van der Waals surface area contributed by atoms with E-state index in [-0.39, 0.29) is 12.4 Å². The minimum absolute atomic E-state index is 0.216. The van der Waals surface area contributed by atoms with Crippen molar-refractivity contribution in [2.24, 2.45) is 0 Å². The topological polar surface area (TPSA) is 46.6 Å². The smallest absolute Gasteiger partial charge is 0.330 e. The van der Waals surface area contributed by atoms with Crippen LogP contribution in [0.1, 0.15) is 27.0 Å². The van der Waals surface area contributed by atoms with Gasteiger partial charge >= 0.3 is 5.97 Å². The molecule has 0 spiro atoms. The first-order valence-electron chi connectivity index (χ1n) is 10.4. The van der Waals surface area contributed by atoms with E-state index in [0.717, 1.165) is 18.7 Å². The number of carbonyl (C=O) groups is 2. The first kappa shape index (κ1) is 22.2. The van der Waals surface area contributed by atoms with Crippen molar-refractivity contribution in [3.8, 4) is 0 Å². The van der Waals surface area contributed by atoms with Crippen molar-refractivity contribution in [2.45, 2.75) is 20.0 Å². The lowest BCUT2D eigenvalue weighted by Gasteiger charge is -2.22. The monoisotopic (exact) mass is 413 g/mol. The minimum atomic E-state index is -0.514. The Morgan fingerprint density at radius 2 is 1.32 bits per heavy atom. The summed E-state index contributed by atoms with van der Waals surface area (Å²) in [6.07, 6.45) is 2.46. The van der Waals surface area contributed by atoms with Crippen LogP contribution in [0.5, 0.6) is 0 Å². The van der Waals surface area contributed by atoms with E-state index in [9.17, 15) is 9.59 Å². The van der Waals surface area contributed by atoms with Gasteiger partial charge in [-0.25, -0.2) is 4.79 Å². The number of ether oxygens (including phenoxy) is 1. The molecule has 0 aromatic heterocycles. The van der Waals surface area contributed by atoms with E-state index in [1.807, 2.05) is 55.5 Å². The van der Waals surface area contributed by atoms with Gasteiger partial charge < -0.3 is 4.74 Å². The molecule has 0 radical (unpaired) electrons. The second kappa shape index (κ2) is 11.6. The summed E-state index contributed by atoms with van der Waals surface area (Å²) in [5.74, 6) is -0.730. The molecule has 0 aliphatic carbocycles. The predicted molar refractivity (Wildman–Crippen MR) is 123 cm³/mol. The number of hydrogen-bond acceptors (Lipinski definition) is 4.